The molecule has 6 nitrogen and oxygen atoms in total. The molecule has 0 radical (unpaired) electrons. The standard InChI is InChI=1S/C16H17FN4O2S/c1-4-11-12(14(22)23-2)13(9-5-7-10(17)8-6-9)21-15(18-11)19-16(20-21)24-3/h5-8,13H,4H2,1-3H3,(H,18,19,20)/t13-/m1/s1. The molecule has 0 bridgehead atoms. The number of thioether (sulfide) groups is 1. The van der Waals surface area contributed by atoms with Gasteiger partial charge in [0.15, 0.2) is 0 Å². The second-order valence-corrected chi connectivity index (χ2v) is 5.96. The summed E-state index contributed by atoms with van der Waals surface area (Å²) in [6.07, 6.45) is 2.48. The first-order chi connectivity index (χ1) is 11.6. The van der Waals surface area contributed by atoms with Gasteiger partial charge in [-0.05, 0) is 30.4 Å². The predicted octanol–water partition coefficient (Wildman–Crippen LogP) is 2.99. The van der Waals surface area contributed by atoms with Gasteiger partial charge in [-0.1, -0.05) is 30.8 Å². The molecule has 1 atom stereocenters. The van der Waals surface area contributed by atoms with Crippen LogP contribution < -0.4 is 5.32 Å². The van der Waals surface area contributed by atoms with Gasteiger partial charge in [-0.25, -0.2) is 13.9 Å². The first kappa shape index (κ1) is 16.5. The molecule has 0 saturated carbocycles. The summed E-state index contributed by atoms with van der Waals surface area (Å²) in [7, 11) is 1.34. The summed E-state index contributed by atoms with van der Waals surface area (Å²) in [4.78, 5) is 16.8. The lowest BCUT2D eigenvalue weighted by Crippen LogP contribution is -2.30. The number of esters is 1. The van der Waals surface area contributed by atoms with Crippen LogP contribution in [0.3, 0.4) is 0 Å². The zero-order valence-electron chi connectivity index (χ0n) is 13.5. The van der Waals surface area contributed by atoms with Crippen LogP contribution >= 0.6 is 11.8 Å². The van der Waals surface area contributed by atoms with E-state index < -0.39 is 12.0 Å². The second-order valence-electron chi connectivity index (χ2n) is 5.18. The van der Waals surface area contributed by atoms with Crippen LogP contribution in [-0.2, 0) is 9.53 Å². The minimum atomic E-state index is -0.516. The molecule has 1 aliphatic heterocycles. The smallest absolute Gasteiger partial charge is 0.338 e. The number of rotatable bonds is 4. The Labute approximate surface area is 143 Å². The largest absolute Gasteiger partial charge is 0.466 e. The third-order valence-corrected chi connectivity index (χ3v) is 4.38. The first-order valence-corrected chi connectivity index (χ1v) is 8.65. The number of fused-ring (bicyclic) bond motifs is 1. The molecule has 24 heavy (non-hydrogen) atoms. The van der Waals surface area contributed by atoms with Crippen molar-refractivity contribution in [1.29, 1.82) is 0 Å². The molecule has 2 aromatic rings. The fourth-order valence-electron chi connectivity index (χ4n) is 2.72. The molecule has 0 amide bonds. The summed E-state index contributed by atoms with van der Waals surface area (Å²) >= 11 is 1.41. The summed E-state index contributed by atoms with van der Waals surface area (Å²) in [5.41, 5.74) is 1.92. The van der Waals surface area contributed by atoms with Crippen LogP contribution in [0.4, 0.5) is 10.3 Å². The first-order valence-electron chi connectivity index (χ1n) is 7.43. The Kier molecular flexibility index (Phi) is 4.57. The van der Waals surface area contributed by atoms with Gasteiger partial charge in [0.1, 0.15) is 11.9 Å². The van der Waals surface area contributed by atoms with Crippen LogP contribution in [0.5, 0.6) is 0 Å². The molecule has 0 aliphatic carbocycles. The quantitative estimate of drug-likeness (QED) is 0.677. The molecule has 8 heteroatoms. The van der Waals surface area contributed by atoms with Gasteiger partial charge in [-0.15, -0.1) is 5.10 Å². The van der Waals surface area contributed by atoms with E-state index in [-0.39, 0.29) is 5.82 Å². The number of ether oxygens (including phenoxy) is 1. The number of carbonyl (C=O) groups excluding carboxylic acids is 1. The summed E-state index contributed by atoms with van der Waals surface area (Å²) in [6, 6.07) is 5.50. The lowest BCUT2D eigenvalue weighted by molar-refractivity contribution is -0.136. The minimum absolute atomic E-state index is 0.337. The molecule has 1 aliphatic rings. The molecule has 1 N–H and O–H groups in total. The van der Waals surface area contributed by atoms with Crippen LogP contribution in [0.25, 0.3) is 0 Å². The van der Waals surface area contributed by atoms with Gasteiger partial charge in [-0.3, -0.25) is 0 Å². The molecule has 1 aromatic heterocycles. The van der Waals surface area contributed by atoms with E-state index in [1.165, 1.54) is 31.0 Å². The Morgan fingerprint density at radius 3 is 2.71 bits per heavy atom. The van der Waals surface area contributed by atoms with E-state index in [1.54, 1.807) is 16.8 Å². The monoisotopic (exact) mass is 348 g/mol. The highest BCUT2D eigenvalue weighted by Gasteiger charge is 2.35. The van der Waals surface area contributed by atoms with Crippen molar-refractivity contribution in [1.82, 2.24) is 14.8 Å². The van der Waals surface area contributed by atoms with Crippen molar-refractivity contribution < 1.29 is 13.9 Å². The summed E-state index contributed by atoms with van der Waals surface area (Å²) in [5.74, 6) is -0.227. The summed E-state index contributed by atoms with van der Waals surface area (Å²) in [5, 5.41) is 8.20. The number of aromatic nitrogens is 3. The van der Waals surface area contributed by atoms with Crippen molar-refractivity contribution in [3.8, 4) is 0 Å². The van der Waals surface area contributed by atoms with Crippen molar-refractivity contribution in [2.75, 3.05) is 18.7 Å². The van der Waals surface area contributed by atoms with Crippen molar-refractivity contribution in [2.45, 2.75) is 24.5 Å². The van der Waals surface area contributed by atoms with E-state index in [1.807, 2.05) is 13.2 Å². The topological polar surface area (TPSA) is 69.0 Å². The van der Waals surface area contributed by atoms with Crippen molar-refractivity contribution in [2.24, 2.45) is 0 Å². The summed E-state index contributed by atoms with van der Waals surface area (Å²) in [6.45, 7) is 1.94. The Morgan fingerprint density at radius 1 is 1.42 bits per heavy atom. The third-order valence-electron chi connectivity index (χ3n) is 3.84. The maximum Gasteiger partial charge on any atom is 0.338 e. The molecule has 2 heterocycles. The highest BCUT2D eigenvalue weighted by Crippen LogP contribution is 2.37. The lowest BCUT2D eigenvalue weighted by Gasteiger charge is -2.28. The maximum atomic E-state index is 13.3. The maximum absolute atomic E-state index is 13.3. The second kappa shape index (κ2) is 6.64. The Morgan fingerprint density at radius 2 is 2.12 bits per heavy atom. The number of nitrogens with one attached hydrogen (secondary N) is 1. The Bertz CT molecular complexity index is 801. The lowest BCUT2D eigenvalue weighted by atomic mass is 9.94. The number of methoxy groups -OCH3 is 1. The molecule has 0 spiro atoms. The van der Waals surface area contributed by atoms with E-state index >= 15 is 0 Å². The van der Waals surface area contributed by atoms with E-state index in [0.717, 1.165) is 11.3 Å². The number of hydrogen-bond acceptors (Lipinski definition) is 6. The molecular formula is C16H17FN4O2S. The van der Waals surface area contributed by atoms with E-state index in [2.05, 4.69) is 15.4 Å². The molecule has 0 saturated heterocycles. The van der Waals surface area contributed by atoms with Gasteiger partial charge >= 0.3 is 5.97 Å². The van der Waals surface area contributed by atoms with Gasteiger partial charge in [0.05, 0.1) is 12.7 Å². The highest BCUT2D eigenvalue weighted by atomic mass is 32.2. The van der Waals surface area contributed by atoms with E-state index in [0.29, 0.717) is 23.1 Å². The molecule has 1 aromatic carbocycles. The van der Waals surface area contributed by atoms with Crippen molar-refractivity contribution in [3.05, 3.63) is 46.9 Å². The Balaban J connectivity index is 2.21. The summed E-state index contributed by atoms with van der Waals surface area (Å²) < 4.78 is 19.9. The van der Waals surface area contributed by atoms with Gasteiger partial charge in [0, 0.05) is 5.70 Å². The number of allylic oxidation sites excluding steroid dienone is 1. The van der Waals surface area contributed by atoms with Crippen LogP contribution in [0.2, 0.25) is 0 Å². The third kappa shape index (κ3) is 2.77. The fourth-order valence-corrected chi connectivity index (χ4v) is 3.07. The van der Waals surface area contributed by atoms with Crippen molar-refractivity contribution in [3.63, 3.8) is 0 Å². The number of nitrogens with zero attached hydrogens (tertiary/aromatic N) is 3. The normalized spacial score (nSPS) is 16.6. The molecule has 126 valence electrons. The zero-order chi connectivity index (χ0) is 17.3. The zero-order valence-corrected chi connectivity index (χ0v) is 14.4. The molecular weight excluding hydrogens is 331 g/mol. The number of halogens is 1. The predicted molar refractivity (Wildman–Crippen MR) is 89.3 cm³/mol. The number of carbonyl (C=O) groups is 1. The van der Waals surface area contributed by atoms with Gasteiger partial charge in [0.2, 0.25) is 11.1 Å². The van der Waals surface area contributed by atoms with Crippen LogP contribution in [0.1, 0.15) is 24.9 Å². The number of benzene rings is 1. The molecule has 0 unspecified atom stereocenters. The molecule has 0 fully saturated rings. The SMILES string of the molecule is CCC1=C(C(=O)OC)[C@@H](c2ccc(F)cc2)n2nc(SC)nc2N1. The van der Waals surface area contributed by atoms with Crippen molar-refractivity contribution >= 4 is 23.7 Å². The van der Waals surface area contributed by atoms with Gasteiger partial charge in [0.25, 0.3) is 0 Å². The van der Waals surface area contributed by atoms with Crippen LogP contribution in [-0.4, -0.2) is 34.1 Å². The van der Waals surface area contributed by atoms with Crippen LogP contribution in [0.15, 0.2) is 40.7 Å². The minimum Gasteiger partial charge on any atom is -0.466 e. The van der Waals surface area contributed by atoms with Gasteiger partial charge in [-0.2, -0.15) is 4.98 Å². The number of anilines is 1. The fraction of sp³-hybridized carbons (Fsp3) is 0.312. The van der Waals surface area contributed by atoms with Crippen LogP contribution in [0, 0.1) is 5.82 Å². The van der Waals surface area contributed by atoms with E-state index in [9.17, 15) is 9.18 Å². The number of hydrogen-bond donors (Lipinski definition) is 1. The highest BCUT2D eigenvalue weighted by molar-refractivity contribution is 7.98. The molecule has 3 rings (SSSR count). The van der Waals surface area contributed by atoms with Gasteiger partial charge < -0.3 is 10.1 Å². The average molecular weight is 348 g/mol. The average Bonchev–Trinajstić information content (AvgIpc) is 3.03. The van der Waals surface area contributed by atoms with E-state index in [4.69, 9.17) is 4.74 Å². The Hall–Kier alpha value is -2.35.